The highest BCUT2D eigenvalue weighted by atomic mass is 16.2. The monoisotopic (exact) mass is 274 g/mol. The third-order valence-corrected chi connectivity index (χ3v) is 2.90. The molecule has 2 aromatic carbocycles. The first kappa shape index (κ1) is 14.4. The minimum absolute atomic E-state index is 0.0263. The summed E-state index contributed by atoms with van der Waals surface area (Å²) in [5.41, 5.74) is 2.95. The van der Waals surface area contributed by atoms with Gasteiger partial charge >= 0.3 is 0 Å². The Morgan fingerprint density at radius 2 is 1.29 bits per heavy atom. The van der Waals surface area contributed by atoms with E-state index in [2.05, 4.69) is 17.9 Å². The molecule has 0 saturated carbocycles. The molecule has 0 aromatic heterocycles. The first-order chi connectivity index (χ1) is 10.1. The predicted molar refractivity (Wildman–Crippen MR) is 81.6 cm³/mol. The van der Waals surface area contributed by atoms with E-state index in [9.17, 15) is 4.79 Å². The van der Waals surface area contributed by atoms with Crippen molar-refractivity contribution < 1.29 is 4.79 Å². The van der Waals surface area contributed by atoms with Crippen molar-refractivity contribution in [2.45, 2.75) is 0 Å². The van der Waals surface area contributed by atoms with Crippen LogP contribution in [-0.4, -0.2) is 24.9 Å². The third-order valence-electron chi connectivity index (χ3n) is 2.90. The van der Waals surface area contributed by atoms with Gasteiger partial charge in [-0.05, 0) is 48.5 Å². The smallest absolute Gasteiger partial charge is 0.253 e. The number of hydrogen-bond donors (Lipinski definition) is 0. The van der Waals surface area contributed by atoms with Gasteiger partial charge in [0.15, 0.2) is 0 Å². The minimum atomic E-state index is -0.0263. The molecule has 0 bridgehead atoms. The van der Waals surface area contributed by atoms with Crippen LogP contribution in [0.25, 0.3) is 0 Å². The molecule has 0 fully saturated rings. The largest absolute Gasteiger partial charge is 0.345 e. The maximum atomic E-state index is 11.8. The molecule has 0 aliphatic heterocycles. The number of carbonyl (C=O) groups excluding carboxylic acids is 1. The molecule has 2 rings (SSSR count). The lowest BCUT2D eigenvalue weighted by molar-refractivity contribution is 0.0827. The average molecular weight is 274 g/mol. The molecule has 0 saturated heterocycles. The topological polar surface area (TPSA) is 44.1 Å². The fourth-order valence-corrected chi connectivity index (χ4v) is 1.73. The molecule has 3 heteroatoms. The van der Waals surface area contributed by atoms with Crippen molar-refractivity contribution in [3.05, 3.63) is 70.8 Å². The van der Waals surface area contributed by atoms with E-state index in [0.717, 1.165) is 11.1 Å². The van der Waals surface area contributed by atoms with E-state index < -0.39 is 0 Å². The van der Waals surface area contributed by atoms with Gasteiger partial charge in [0.1, 0.15) is 0 Å². The predicted octanol–water partition coefficient (Wildman–Crippen LogP) is 2.66. The fraction of sp³-hybridized carbons (Fsp3) is 0.111. The van der Waals surface area contributed by atoms with Gasteiger partial charge in [-0.15, -0.1) is 0 Å². The number of benzene rings is 2. The standard InChI is InChI=1S/C18H14N2O/c1-20(2)18(21)17-11-9-15(10-12-17)4-3-14-5-7-16(13-19)8-6-14/h5-12H,1-2H3. The summed E-state index contributed by atoms with van der Waals surface area (Å²) in [6.07, 6.45) is 0. The lowest BCUT2D eigenvalue weighted by atomic mass is 10.1. The summed E-state index contributed by atoms with van der Waals surface area (Å²) in [5.74, 6) is 6.04. The van der Waals surface area contributed by atoms with E-state index in [1.165, 1.54) is 4.90 Å². The molecule has 0 heterocycles. The molecule has 0 radical (unpaired) electrons. The maximum absolute atomic E-state index is 11.8. The van der Waals surface area contributed by atoms with Crippen LogP contribution in [0.2, 0.25) is 0 Å². The number of hydrogen-bond acceptors (Lipinski definition) is 2. The van der Waals surface area contributed by atoms with Crippen LogP contribution < -0.4 is 0 Å². The number of carbonyl (C=O) groups is 1. The summed E-state index contributed by atoms with van der Waals surface area (Å²) in [6, 6.07) is 16.4. The Labute approximate surface area is 124 Å². The highest BCUT2D eigenvalue weighted by Crippen LogP contribution is 2.06. The van der Waals surface area contributed by atoms with Crippen molar-refractivity contribution >= 4 is 5.91 Å². The van der Waals surface area contributed by atoms with Gasteiger partial charge in [-0.1, -0.05) is 11.8 Å². The molecule has 0 unspecified atom stereocenters. The maximum Gasteiger partial charge on any atom is 0.253 e. The van der Waals surface area contributed by atoms with Crippen molar-refractivity contribution in [1.29, 1.82) is 5.26 Å². The Morgan fingerprint density at radius 1 is 0.857 bits per heavy atom. The lowest BCUT2D eigenvalue weighted by Gasteiger charge is -2.09. The molecule has 0 atom stereocenters. The fourth-order valence-electron chi connectivity index (χ4n) is 1.73. The van der Waals surface area contributed by atoms with E-state index in [1.807, 2.05) is 24.3 Å². The number of rotatable bonds is 1. The van der Waals surface area contributed by atoms with Gasteiger partial charge in [-0.2, -0.15) is 5.26 Å². The van der Waals surface area contributed by atoms with Gasteiger partial charge in [-0.3, -0.25) is 4.79 Å². The minimum Gasteiger partial charge on any atom is -0.345 e. The zero-order chi connectivity index (χ0) is 15.2. The van der Waals surface area contributed by atoms with Crippen LogP contribution in [0.1, 0.15) is 27.0 Å². The van der Waals surface area contributed by atoms with Gasteiger partial charge in [0.25, 0.3) is 5.91 Å². The van der Waals surface area contributed by atoms with E-state index in [4.69, 9.17) is 5.26 Å². The molecule has 1 amide bonds. The number of nitriles is 1. The van der Waals surface area contributed by atoms with Crippen LogP contribution in [0.5, 0.6) is 0 Å². The lowest BCUT2D eigenvalue weighted by Crippen LogP contribution is -2.21. The van der Waals surface area contributed by atoms with E-state index >= 15 is 0 Å². The summed E-state index contributed by atoms with van der Waals surface area (Å²) < 4.78 is 0. The van der Waals surface area contributed by atoms with Gasteiger partial charge in [0.05, 0.1) is 11.6 Å². The zero-order valence-corrected chi connectivity index (χ0v) is 11.9. The van der Waals surface area contributed by atoms with Crippen LogP contribution in [0, 0.1) is 23.2 Å². The zero-order valence-electron chi connectivity index (χ0n) is 11.9. The van der Waals surface area contributed by atoms with Gasteiger partial charge in [0, 0.05) is 30.8 Å². The molecule has 102 valence electrons. The normalized spacial score (nSPS) is 9.19. The SMILES string of the molecule is CN(C)C(=O)c1ccc(C#Cc2ccc(C#N)cc2)cc1. The van der Waals surface area contributed by atoms with E-state index in [-0.39, 0.29) is 5.91 Å². The van der Waals surface area contributed by atoms with Crippen LogP contribution >= 0.6 is 0 Å². The van der Waals surface area contributed by atoms with Gasteiger partial charge in [0.2, 0.25) is 0 Å². The Morgan fingerprint density at radius 3 is 1.71 bits per heavy atom. The van der Waals surface area contributed by atoms with Crippen LogP contribution in [0.3, 0.4) is 0 Å². The second-order valence-corrected chi connectivity index (χ2v) is 4.72. The molecule has 21 heavy (non-hydrogen) atoms. The second-order valence-electron chi connectivity index (χ2n) is 4.72. The van der Waals surface area contributed by atoms with Crippen LogP contribution in [0.15, 0.2) is 48.5 Å². The second kappa shape index (κ2) is 6.41. The Hall–Kier alpha value is -3.04. The first-order valence-electron chi connectivity index (χ1n) is 6.44. The van der Waals surface area contributed by atoms with E-state index in [0.29, 0.717) is 11.1 Å². The molecular weight excluding hydrogens is 260 g/mol. The molecule has 3 nitrogen and oxygen atoms in total. The van der Waals surface area contributed by atoms with Crippen molar-refractivity contribution in [3.8, 4) is 17.9 Å². The highest BCUT2D eigenvalue weighted by Gasteiger charge is 2.06. The molecule has 0 N–H and O–H groups in total. The van der Waals surface area contributed by atoms with Crippen molar-refractivity contribution in [1.82, 2.24) is 4.90 Å². The highest BCUT2D eigenvalue weighted by molar-refractivity contribution is 5.93. The summed E-state index contributed by atoms with van der Waals surface area (Å²) in [7, 11) is 3.45. The summed E-state index contributed by atoms with van der Waals surface area (Å²) >= 11 is 0. The van der Waals surface area contributed by atoms with Crippen molar-refractivity contribution in [2.24, 2.45) is 0 Å². The van der Waals surface area contributed by atoms with E-state index in [1.54, 1.807) is 38.4 Å². The summed E-state index contributed by atoms with van der Waals surface area (Å²) in [5, 5.41) is 8.73. The molecule has 0 spiro atoms. The van der Waals surface area contributed by atoms with Crippen molar-refractivity contribution in [2.75, 3.05) is 14.1 Å². The molecule has 0 aliphatic rings. The van der Waals surface area contributed by atoms with Crippen LogP contribution in [-0.2, 0) is 0 Å². The van der Waals surface area contributed by atoms with Crippen LogP contribution in [0.4, 0.5) is 0 Å². The van der Waals surface area contributed by atoms with Crippen molar-refractivity contribution in [3.63, 3.8) is 0 Å². The number of nitrogens with zero attached hydrogens (tertiary/aromatic N) is 2. The Kier molecular flexibility index (Phi) is 4.39. The average Bonchev–Trinajstić information content (AvgIpc) is 2.53. The third kappa shape index (κ3) is 3.72. The summed E-state index contributed by atoms with van der Waals surface area (Å²) in [6.45, 7) is 0. The quantitative estimate of drug-likeness (QED) is 0.750. The Balaban J connectivity index is 2.15. The summed E-state index contributed by atoms with van der Waals surface area (Å²) in [4.78, 5) is 13.3. The van der Waals surface area contributed by atoms with Gasteiger partial charge in [-0.25, -0.2) is 0 Å². The van der Waals surface area contributed by atoms with Gasteiger partial charge < -0.3 is 4.90 Å². The first-order valence-corrected chi connectivity index (χ1v) is 6.44. The molecule has 2 aromatic rings. The number of amides is 1. The molecule has 0 aliphatic carbocycles. The molecular formula is C18H14N2O. The Bertz CT molecular complexity index is 739.